The van der Waals surface area contributed by atoms with Gasteiger partial charge in [0.2, 0.25) is 0 Å². The van der Waals surface area contributed by atoms with Crippen LogP contribution in [0.5, 0.6) is 0 Å². The monoisotopic (exact) mass is 359 g/mol. The number of aryl methyl sites for hydroxylation is 1. The summed E-state index contributed by atoms with van der Waals surface area (Å²) in [7, 11) is -1.41. The highest BCUT2D eigenvalue weighted by Crippen LogP contribution is 2.30. The fraction of sp³-hybridized carbons (Fsp3) is 0.385. The average molecular weight is 360 g/mol. The van der Waals surface area contributed by atoms with E-state index in [1.165, 1.54) is 11.3 Å². The van der Waals surface area contributed by atoms with Crippen LogP contribution in [0.3, 0.4) is 0 Å². The van der Waals surface area contributed by atoms with Crippen molar-refractivity contribution in [3.05, 3.63) is 39.3 Å². The van der Waals surface area contributed by atoms with Crippen LogP contribution in [0, 0.1) is 0 Å². The molecule has 1 atom stereocenters. The van der Waals surface area contributed by atoms with E-state index in [0.717, 1.165) is 5.56 Å². The highest BCUT2D eigenvalue weighted by Gasteiger charge is 2.36. The molecule has 0 aliphatic carbocycles. The molecule has 1 aliphatic rings. The lowest BCUT2D eigenvalue weighted by Crippen LogP contribution is -2.45. The van der Waals surface area contributed by atoms with E-state index in [4.69, 9.17) is 11.6 Å². The van der Waals surface area contributed by atoms with E-state index in [9.17, 15) is 13.2 Å². The van der Waals surface area contributed by atoms with Crippen LogP contribution in [0.4, 0.5) is 0 Å². The molecular formula is C13H14ClN3O3S2. The third kappa shape index (κ3) is 3.04. The lowest BCUT2D eigenvalue weighted by atomic mass is 10.1. The number of sulfone groups is 1. The highest BCUT2D eigenvalue weighted by atomic mass is 35.5. The molecule has 3 rings (SSSR count). The number of nitrogens with zero attached hydrogens (tertiary/aromatic N) is 3. The van der Waals surface area contributed by atoms with E-state index in [2.05, 4.69) is 5.10 Å². The number of rotatable bonds is 2. The van der Waals surface area contributed by atoms with Crippen LogP contribution in [-0.4, -0.2) is 47.1 Å². The van der Waals surface area contributed by atoms with Crippen molar-refractivity contribution in [2.75, 3.05) is 18.1 Å². The van der Waals surface area contributed by atoms with Crippen LogP contribution in [0.15, 0.2) is 24.5 Å². The van der Waals surface area contributed by atoms with Crippen LogP contribution in [0.2, 0.25) is 4.34 Å². The van der Waals surface area contributed by atoms with E-state index < -0.39 is 15.9 Å². The maximum absolute atomic E-state index is 12.7. The van der Waals surface area contributed by atoms with Gasteiger partial charge in [0.1, 0.15) is 0 Å². The van der Waals surface area contributed by atoms with Gasteiger partial charge in [0.25, 0.3) is 5.91 Å². The quantitative estimate of drug-likeness (QED) is 0.818. The van der Waals surface area contributed by atoms with Gasteiger partial charge in [-0.05, 0) is 12.1 Å². The Morgan fingerprint density at radius 2 is 2.23 bits per heavy atom. The third-order valence-corrected chi connectivity index (χ3v) is 6.43. The van der Waals surface area contributed by atoms with Gasteiger partial charge in [-0.2, -0.15) is 5.10 Å². The summed E-state index contributed by atoms with van der Waals surface area (Å²) in [5, 5.41) is 4.08. The number of hydrogen-bond donors (Lipinski definition) is 0. The van der Waals surface area contributed by atoms with Crippen molar-refractivity contribution in [3.63, 3.8) is 0 Å². The number of hydrogen-bond acceptors (Lipinski definition) is 5. The molecule has 1 saturated heterocycles. The number of amides is 1. The largest absolute Gasteiger partial charge is 0.329 e. The summed E-state index contributed by atoms with van der Waals surface area (Å²) in [6.45, 7) is 0.177. The van der Waals surface area contributed by atoms with Crippen molar-refractivity contribution in [2.24, 2.45) is 7.05 Å². The summed E-state index contributed by atoms with van der Waals surface area (Å²) in [5.41, 5.74) is 0.724. The molecule has 1 fully saturated rings. The van der Waals surface area contributed by atoms with Crippen molar-refractivity contribution < 1.29 is 13.2 Å². The first kappa shape index (κ1) is 15.5. The minimum absolute atomic E-state index is 0.0192. The molecule has 0 aromatic carbocycles. The van der Waals surface area contributed by atoms with Gasteiger partial charge >= 0.3 is 0 Å². The van der Waals surface area contributed by atoms with Gasteiger partial charge in [0, 0.05) is 25.4 Å². The van der Waals surface area contributed by atoms with Gasteiger partial charge < -0.3 is 4.90 Å². The number of halogens is 1. The van der Waals surface area contributed by atoms with Crippen LogP contribution < -0.4 is 0 Å². The molecule has 2 aromatic heterocycles. The fourth-order valence-electron chi connectivity index (χ4n) is 2.51. The minimum atomic E-state index is -3.17. The molecule has 0 radical (unpaired) electrons. The Labute approximate surface area is 137 Å². The number of thiophene rings is 1. The van der Waals surface area contributed by atoms with Crippen molar-refractivity contribution >= 4 is 38.7 Å². The fourth-order valence-corrected chi connectivity index (χ4v) is 5.00. The molecule has 0 bridgehead atoms. The lowest BCUT2D eigenvalue weighted by Gasteiger charge is -2.34. The van der Waals surface area contributed by atoms with Crippen molar-refractivity contribution in [1.29, 1.82) is 0 Å². The highest BCUT2D eigenvalue weighted by molar-refractivity contribution is 7.91. The van der Waals surface area contributed by atoms with Gasteiger partial charge in [-0.15, -0.1) is 11.3 Å². The van der Waals surface area contributed by atoms with Crippen LogP contribution in [0.1, 0.15) is 21.3 Å². The predicted molar refractivity (Wildman–Crippen MR) is 85.0 cm³/mol. The van der Waals surface area contributed by atoms with E-state index in [1.54, 1.807) is 41.2 Å². The molecule has 0 N–H and O–H groups in total. The van der Waals surface area contributed by atoms with Gasteiger partial charge in [0.15, 0.2) is 9.84 Å². The van der Waals surface area contributed by atoms with E-state index >= 15 is 0 Å². The van der Waals surface area contributed by atoms with Crippen molar-refractivity contribution in [1.82, 2.24) is 14.7 Å². The topological polar surface area (TPSA) is 72.3 Å². The van der Waals surface area contributed by atoms with E-state index in [0.29, 0.717) is 9.21 Å². The second kappa shape index (κ2) is 5.68. The standard InChI is InChI=1S/C13H14ClN3O3S2/c1-16-7-9(6-15-16)10-8-22(19,20)5-4-17(10)13(18)11-2-3-12(14)21-11/h2-3,6-7,10H,4-5,8H2,1H3. The molecule has 0 saturated carbocycles. The van der Waals surface area contributed by atoms with Crippen molar-refractivity contribution in [3.8, 4) is 0 Å². The van der Waals surface area contributed by atoms with E-state index in [1.807, 2.05) is 0 Å². The van der Waals surface area contributed by atoms with Crippen LogP contribution >= 0.6 is 22.9 Å². The summed E-state index contributed by atoms with van der Waals surface area (Å²) in [6, 6.07) is 2.82. The Bertz CT molecular complexity index is 812. The zero-order valence-corrected chi connectivity index (χ0v) is 14.2. The second-order valence-electron chi connectivity index (χ2n) is 5.18. The molecule has 9 heteroatoms. The van der Waals surface area contributed by atoms with Gasteiger partial charge in [-0.25, -0.2) is 8.42 Å². The SMILES string of the molecule is Cn1cc(C2CS(=O)(=O)CCN2C(=O)c2ccc(Cl)s2)cn1. The molecule has 6 nitrogen and oxygen atoms in total. The smallest absolute Gasteiger partial charge is 0.264 e. The normalized spacial score (nSPS) is 21.0. The first-order valence-corrected chi connectivity index (χ1v) is 9.62. The molecule has 22 heavy (non-hydrogen) atoms. The zero-order valence-electron chi connectivity index (χ0n) is 11.8. The molecule has 1 aliphatic heterocycles. The number of aromatic nitrogens is 2. The minimum Gasteiger partial charge on any atom is -0.329 e. The summed E-state index contributed by atoms with van der Waals surface area (Å²) in [5.74, 6) is -0.293. The Hall–Kier alpha value is -1.38. The van der Waals surface area contributed by atoms with E-state index in [-0.39, 0.29) is 24.0 Å². The molecular weight excluding hydrogens is 346 g/mol. The Morgan fingerprint density at radius 1 is 1.45 bits per heavy atom. The first-order valence-electron chi connectivity index (χ1n) is 6.61. The predicted octanol–water partition coefficient (Wildman–Crippen LogP) is 1.75. The molecule has 0 spiro atoms. The summed E-state index contributed by atoms with van der Waals surface area (Å²) < 4.78 is 26.1. The van der Waals surface area contributed by atoms with Gasteiger partial charge in [-0.3, -0.25) is 9.48 Å². The van der Waals surface area contributed by atoms with Crippen molar-refractivity contribution in [2.45, 2.75) is 6.04 Å². The number of carbonyl (C=O) groups excluding carboxylic acids is 1. The van der Waals surface area contributed by atoms with Crippen LogP contribution in [-0.2, 0) is 16.9 Å². The summed E-state index contributed by atoms with van der Waals surface area (Å²) >= 11 is 7.08. The Balaban J connectivity index is 1.95. The average Bonchev–Trinajstić information content (AvgIpc) is 3.06. The summed E-state index contributed by atoms with van der Waals surface area (Å²) in [4.78, 5) is 14.8. The molecule has 2 aromatic rings. The first-order chi connectivity index (χ1) is 10.4. The van der Waals surface area contributed by atoms with Gasteiger partial charge in [0.05, 0.1) is 33.0 Å². The molecule has 118 valence electrons. The molecule has 1 unspecified atom stereocenters. The van der Waals surface area contributed by atoms with Crippen LogP contribution in [0.25, 0.3) is 0 Å². The lowest BCUT2D eigenvalue weighted by molar-refractivity contribution is 0.0702. The molecule has 1 amide bonds. The second-order valence-corrected chi connectivity index (χ2v) is 9.12. The summed E-state index contributed by atoms with van der Waals surface area (Å²) in [6.07, 6.45) is 3.35. The third-order valence-electron chi connectivity index (χ3n) is 3.59. The Morgan fingerprint density at radius 3 is 2.82 bits per heavy atom. The maximum atomic E-state index is 12.7. The van der Waals surface area contributed by atoms with Gasteiger partial charge in [-0.1, -0.05) is 11.6 Å². The Kier molecular flexibility index (Phi) is 4.00. The maximum Gasteiger partial charge on any atom is 0.264 e. The molecule has 3 heterocycles. The number of carbonyl (C=O) groups is 1. The zero-order chi connectivity index (χ0) is 15.9.